The van der Waals surface area contributed by atoms with Gasteiger partial charge in [0.05, 0.1) is 6.10 Å². The first-order valence-electron chi connectivity index (χ1n) is 7.92. The summed E-state index contributed by atoms with van der Waals surface area (Å²) in [6.45, 7) is 5.53. The molecule has 1 aromatic rings. The van der Waals surface area contributed by atoms with Crippen molar-refractivity contribution < 1.29 is 14.6 Å². The number of amides is 1. The highest BCUT2D eigenvalue weighted by Gasteiger charge is 2.27. The number of hydrogen-bond acceptors (Lipinski definition) is 4. The lowest BCUT2D eigenvalue weighted by atomic mass is 10.1. The van der Waals surface area contributed by atoms with Crippen LogP contribution in [-0.2, 0) is 9.53 Å². The zero-order valence-corrected chi connectivity index (χ0v) is 13.4. The zero-order chi connectivity index (χ0) is 15.9. The van der Waals surface area contributed by atoms with Gasteiger partial charge in [-0.05, 0) is 12.0 Å². The molecule has 5 nitrogen and oxygen atoms in total. The number of rotatable bonds is 6. The van der Waals surface area contributed by atoms with E-state index in [4.69, 9.17) is 4.74 Å². The van der Waals surface area contributed by atoms with Gasteiger partial charge in [0.2, 0.25) is 0 Å². The van der Waals surface area contributed by atoms with E-state index in [1.165, 1.54) is 0 Å². The van der Waals surface area contributed by atoms with E-state index in [0.717, 1.165) is 18.7 Å². The van der Waals surface area contributed by atoms with Crippen LogP contribution < -0.4 is 0 Å². The van der Waals surface area contributed by atoms with Gasteiger partial charge in [-0.15, -0.1) is 0 Å². The van der Waals surface area contributed by atoms with E-state index in [-0.39, 0.29) is 12.0 Å². The van der Waals surface area contributed by atoms with Gasteiger partial charge in [0.1, 0.15) is 6.10 Å². The molecule has 1 amide bonds. The third-order valence-electron chi connectivity index (χ3n) is 4.23. The molecule has 0 unspecified atom stereocenters. The molecule has 0 saturated carbocycles. The number of carbonyl (C=O) groups excluding carboxylic acids is 1. The monoisotopic (exact) mass is 306 g/mol. The molecule has 0 radical (unpaired) electrons. The van der Waals surface area contributed by atoms with Crippen molar-refractivity contribution in [2.75, 3.05) is 39.8 Å². The van der Waals surface area contributed by atoms with Crippen molar-refractivity contribution in [3.63, 3.8) is 0 Å². The summed E-state index contributed by atoms with van der Waals surface area (Å²) in [5.41, 5.74) is 0.937. The molecule has 122 valence electrons. The van der Waals surface area contributed by atoms with Gasteiger partial charge in [0.15, 0.2) is 0 Å². The highest BCUT2D eigenvalue weighted by molar-refractivity contribution is 5.81. The van der Waals surface area contributed by atoms with E-state index in [9.17, 15) is 9.90 Å². The minimum atomic E-state index is -0.481. The highest BCUT2D eigenvalue weighted by Crippen LogP contribution is 2.15. The average molecular weight is 306 g/mol. The third-order valence-corrected chi connectivity index (χ3v) is 4.23. The highest BCUT2D eigenvalue weighted by atomic mass is 16.5. The first-order valence-corrected chi connectivity index (χ1v) is 7.92. The van der Waals surface area contributed by atoms with Crippen molar-refractivity contribution in [1.82, 2.24) is 9.80 Å². The minimum absolute atomic E-state index is 0.0771. The number of hydrogen-bond donors (Lipinski definition) is 1. The molecule has 0 bridgehead atoms. The molecule has 1 aromatic carbocycles. The van der Waals surface area contributed by atoms with E-state index in [1.807, 2.05) is 42.2 Å². The van der Waals surface area contributed by atoms with E-state index in [0.29, 0.717) is 26.1 Å². The van der Waals surface area contributed by atoms with Crippen molar-refractivity contribution in [3.8, 4) is 0 Å². The second-order valence-corrected chi connectivity index (χ2v) is 5.68. The molecular weight excluding hydrogens is 280 g/mol. The Morgan fingerprint density at radius 1 is 1.23 bits per heavy atom. The maximum Gasteiger partial charge on any atom is 0.251 e. The average Bonchev–Trinajstić information content (AvgIpc) is 2.57. The SMILES string of the molecule is CC[C@@H](OC)C(=O)N1CCN(C[C@H](O)c2ccccc2)CC1. The predicted molar refractivity (Wildman–Crippen MR) is 85.5 cm³/mol. The van der Waals surface area contributed by atoms with Crippen LogP contribution in [0.3, 0.4) is 0 Å². The summed E-state index contributed by atoms with van der Waals surface area (Å²) in [5, 5.41) is 10.3. The fourth-order valence-corrected chi connectivity index (χ4v) is 2.82. The van der Waals surface area contributed by atoms with E-state index < -0.39 is 6.10 Å². The quantitative estimate of drug-likeness (QED) is 0.860. The fraction of sp³-hybridized carbons (Fsp3) is 0.588. The lowest BCUT2D eigenvalue weighted by Gasteiger charge is -2.36. The lowest BCUT2D eigenvalue weighted by molar-refractivity contribution is -0.144. The number of aliphatic hydroxyl groups excluding tert-OH is 1. The Hall–Kier alpha value is -1.43. The number of nitrogens with zero attached hydrogens (tertiary/aromatic N) is 2. The molecule has 0 aromatic heterocycles. The molecule has 0 aliphatic carbocycles. The molecule has 1 aliphatic rings. The van der Waals surface area contributed by atoms with Crippen LogP contribution in [0.2, 0.25) is 0 Å². The van der Waals surface area contributed by atoms with Gasteiger partial charge in [0, 0.05) is 39.8 Å². The van der Waals surface area contributed by atoms with Crippen molar-refractivity contribution in [1.29, 1.82) is 0 Å². The first-order chi connectivity index (χ1) is 10.7. The van der Waals surface area contributed by atoms with Gasteiger partial charge in [0.25, 0.3) is 5.91 Å². The standard InChI is InChI=1S/C17H26N2O3/c1-3-16(22-2)17(21)19-11-9-18(10-12-19)13-15(20)14-7-5-4-6-8-14/h4-8,15-16,20H,3,9-13H2,1-2H3/t15-,16+/m0/s1. The fourth-order valence-electron chi connectivity index (χ4n) is 2.82. The van der Waals surface area contributed by atoms with Gasteiger partial charge in [-0.1, -0.05) is 37.3 Å². The molecule has 5 heteroatoms. The summed E-state index contributed by atoms with van der Waals surface area (Å²) in [6, 6.07) is 9.69. The van der Waals surface area contributed by atoms with Crippen molar-refractivity contribution in [3.05, 3.63) is 35.9 Å². The molecule has 1 heterocycles. The minimum Gasteiger partial charge on any atom is -0.387 e. The zero-order valence-electron chi connectivity index (χ0n) is 13.4. The number of carbonyl (C=O) groups is 1. The number of benzene rings is 1. The largest absolute Gasteiger partial charge is 0.387 e. The topological polar surface area (TPSA) is 53.0 Å². The second kappa shape index (κ2) is 8.27. The van der Waals surface area contributed by atoms with Crippen LogP contribution >= 0.6 is 0 Å². The predicted octanol–water partition coefficient (Wildman–Crippen LogP) is 1.29. The number of methoxy groups -OCH3 is 1. The molecule has 1 N–H and O–H groups in total. The summed E-state index contributed by atoms with van der Waals surface area (Å²) in [7, 11) is 1.58. The summed E-state index contributed by atoms with van der Waals surface area (Å²) >= 11 is 0. The molecule has 1 saturated heterocycles. The maximum atomic E-state index is 12.2. The van der Waals surface area contributed by atoms with E-state index in [2.05, 4.69) is 4.90 Å². The number of piperazine rings is 1. The van der Waals surface area contributed by atoms with Crippen LogP contribution in [0.25, 0.3) is 0 Å². The third kappa shape index (κ3) is 4.29. The number of β-amino-alcohol motifs (C(OH)–C–C–N with tert-alkyl or cyclic N) is 1. The molecule has 22 heavy (non-hydrogen) atoms. The summed E-state index contributed by atoms with van der Waals surface area (Å²) in [5.74, 6) is 0.0771. The van der Waals surface area contributed by atoms with Crippen LogP contribution in [0.15, 0.2) is 30.3 Å². The van der Waals surface area contributed by atoms with Gasteiger partial charge < -0.3 is 14.7 Å². The molecule has 0 spiro atoms. The maximum absolute atomic E-state index is 12.2. The normalized spacial score (nSPS) is 19.0. The summed E-state index contributed by atoms with van der Waals surface area (Å²) in [4.78, 5) is 16.3. The smallest absolute Gasteiger partial charge is 0.251 e. The van der Waals surface area contributed by atoms with Gasteiger partial charge in [-0.3, -0.25) is 9.69 Å². The number of ether oxygens (including phenoxy) is 1. The lowest BCUT2D eigenvalue weighted by Crippen LogP contribution is -2.52. The molecular formula is C17H26N2O3. The summed E-state index contributed by atoms with van der Waals surface area (Å²) < 4.78 is 5.22. The van der Waals surface area contributed by atoms with Gasteiger partial charge in [-0.25, -0.2) is 0 Å². The van der Waals surface area contributed by atoms with Crippen LogP contribution in [-0.4, -0.2) is 66.8 Å². The van der Waals surface area contributed by atoms with Gasteiger partial charge in [-0.2, -0.15) is 0 Å². The van der Waals surface area contributed by atoms with Crippen LogP contribution in [0.1, 0.15) is 25.0 Å². The van der Waals surface area contributed by atoms with E-state index in [1.54, 1.807) is 7.11 Å². The Bertz CT molecular complexity index is 454. The molecule has 1 fully saturated rings. The van der Waals surface area contributed by atoms with Crippen molar-refractivity contribution in [2.45, 2.75) is 25.6 Å². The molecule has 2 rings (SSSR count). The first kappa shape index (κ1) is 16.9. The van der Waals surface area contributed by atoms with Crippen LogP contribution in [0.4, 0.5) is 0 Å². The second-order valence-electron chi connectivity index (χ2n) is 5.68. The Morgan fingerprint density at radius 3 is 2.41 bits per heavy atom. The van der Waals surface area contributed by atoms with Crippen LogP contribution in [0, 0.1) is 0 Å². The van der Waals surface area contributed by atoms with Crippen molar-refractivity contribution >= 4 is 5.91 Å². The Kier molecular flexibility index (Phi) is 6.36. The molecule has 1 aliphatic heterocycles. The Labute approximate surface area is 132 Å². The van der Waals surface area contributed by atoms with Gasteiger partial charge >= 0.3 is 0 Å². The Morgan fingerprint density at radius 2 is 1.86 bits per heavy atom. The van der Waals surface area contributed by atoms with Crippen LogP contribution in [0.5, 0.6) is 0 Å². The summed E-state index contributed by atoms with van der Waals surface area (Å²) in [6.07, 6.45) is -0.116. The van der Waals surface area contributed by atoms with Crippen molar-refractivity contribution in [2.24, 2.45) is 0 Å². The molecule has 2 atom stereocenters. The number of aliphatic hydroxyl groups is 1. The van der Waals surface area contributed by atoms with E-state index >= 15 is 0 Å². The Balaban J connectivity index is 1.81.